The van der Waals surface area contributed by atoms with E-state index in [1.54, 1.807) is 24.3 Å². The molecular weight excluding hydrogens is 406 g/mol. The minimum absolute atomic E-state index is 0.0413. The molecule has 7 heteroatoms. The summed E-state index contributed by atoms with van der Waals surface area (Å²) >= 11 is 7.34. The number of carbonyl (C=O) groups is 2. The molecular formula is C22H20ClN3O2S. The molecule has 29 heavy (non-hydrogen) atoms. The van der Waals surface area contributed by atoms with E-state index in [1.807, 2.05) is 31.2 Å². The first-order valence-electron chi connectivity index (χ1n) is 9.39. The molecule has 0 radical (unpaired) electrons. The van der Waals surface area contributed by atoms with Crippen molar-refractivity contribution in [2.75, 3.05) is 5.32 Å². The molecule has 148 valence electrons. The number of hydrogen-bond donors (Lipinski definition) is 2. The van der Waals surface area contributed by atoms with Crippen LogP contribution in [0.1, 0.15) is 44.4 Å². The van der Waals surface area contributed by atoms with Gasteiger partial charge in [0.1, 0.15) is 0 Å². The molecule has 3 aromatic rings. The summed E-state index contributed by atoms with van der Waals surface area (Å²) in [7, 11) is 0. The molecule has 0 aliphatic heterocycles. The van der Waals surface area contributed by atoms with Gasteiger partial charge >= 0.3 is 0 Å². The van der Waals surface area contributed by atoms with Gasteiger partial charge in [0.15, 0.2) is 5.13 Å². The van der Waals surface area contributed by atoms with Crippen molar-refractivity contribution in [1.82, 2.24) is 10.3 Å². The van der Waals surface area contributed by atoms with E-state index < -0.39 is 0 Å². The second-order valence-electron chi connectivity index (χ2n) is 7.08. The third kappa shape index (κ3) is 4.49. The van der Waals surface area contributed by atoms with Gasteiger partial charge in [-0.2, -0.15) is 0 Å². The van der Waals surface area contributed by atoms with Crippen molar-refractivity contribution in [2.45, 2.75) is 32.2 Å². The van der Waals surface area contributed by atoms with E-state index in [0.717, 1.165) is 34.5 Å². The van der Waals surface area contributed by atoms with Crippen molar-refractivity contribution in [1.29, 1.82) is 0 Å². The Morgan fingerprint density at radius 1 is 1.14 bits per heavy atom. The number of rotatable bonds is 5. The lowest BCUT2D eigenvalue weighted by Crippen LogP contribution is -2.28. The van der Waals surface area contributed by atoms with E-state index in [0.29, 0.717) is 22.3 Å². The second kappa shape index (κ2) is 8.35. The van der Waals surface area contributed by atoms with Crippen molar-refractivity contribution >= 4 is 39.9 Å². The van der Waals surface area contributed by atoms with Gasteiger partial charge in [-0.3, -0.25) is 14.9 Å². The van der Waals surface area contributed by atoms with Crippen molar-refractivity contribution in [2.24, 2.45) is 0 Å². The molecule has 0 bridgehead atoms. The zero-order valence-electron chi connectivity index (χ0n) is 15.9. The Bertz CT molecular complexity index is 1040. The highest BCUT2D eigenvalue weighted by molar-refractivity contribution is 7.16. The highest BCUT2D eigenvalue weighted by Gasteiger charge is 2.32. The number of hydrogen-bond acceptors (Lipinski definition) is 4. The number of halogens is 1. The molecule has 0 spiro atoms. The predicted molar refractivity (Wildman–Crippen MR) is 116 cm³/mol. The van der Waals surface area contributed by atoms with Crippen LogP contribution in [0.4, 0.5) is 5.13 Å². The number of aryl methyl sites for hydroxylation is 2. The van der Waals surface area contributed by atoms with Crippen LogP contribution in [-0.2, 0) is 17.8 Å². The summed E-state index contributed by atoms with van der Waals surface area (Å²) in [5, 5.41) is 7.04. The first-order chi connectivity index (χ1) is 14.0. The summed E-state index contributed by atoms with van der Waals surface area (Å²) in [5.41, 5.74) is 3.46. The second-order valence-corrected chi connectivity index (χ2v) is 8.60. The maximum atomic E-state index is 12.7. The lowest BCUT2D eigenvalue weighted by Gasteiger charge is -2.11. The van der Waals surface area contributed by atoms with Crippen LogP contribution in [0.5, 0.6) is 0 Å². The van der Waals surface area contributed by atoms with Gasteiger partial charge in [-0.15, -0.1) is 11.3 Å². The molecule has 1 heterocycles. The molecule has 2 amide bonds. The quantitative estimate of drug-likeness (QED) is 0.622. The number of fused-ring (bicyclic) bond motifs is 1. The van der Waals surface area contributed by atoms with Crippen LogP contribution in [0.3, 0.4) is 0 Å². The number of nitrogens with zero attached hydrogens (tertiary/aromatic N) is 1. The van der Waals surface area contributed by atoms with E-state index >= 15 is 0 Å². The van der Waals surface area contributed by atoms with Crippen LogP contribution in [0, 0.1) is 6.92 Å². The molecule has 4 rings (SSSR count). The molecule has 2 N–H and O–H groups in total. The molecule has 5 nitrogen and oxygen atoms in total. The average Bonchev–Trinajstić information content (AvgIpc) is 3.28. The van der Waals surface area contributed by atoms with E-state index in [9.17, 15) is 9.59 Å². The largest absolute Gasteiger partial charge is 0.351 e. The Kier molecular flexibility index (Phi) is 5.65. The number of benzene rings is 2. The summed E-state index contributed by atoms with van der Waals surface area (Å²) in [4.78, 5) is 30.7. The molecule has 0 saturated heterocycles. The van der Waals surface area contributed by atoms with Crippen molar-refractivity contribution in [3.8, 4) is 0 Å². The number of nitrogens with one attached hydrogen (secondary N) is 2. The van der Waals surface area contributed by atoms with E-state index in [1.165, 1.54) is 11.3 Å². The molecule has 1 aliphatic carbocycles. The van der Waals surface area contributed by atoms with E-state index in [-0.39, 0.29) is 17.7 Å². The summed E-state index contributed by atoms with van der Waals surface area (Å²) in [6.45, 7) is 2.42. The molecule has 2 aromatic carbocycles. The van der Waals surface area contributed by atoms with Gasteiger partial charge in [-0.05, 0) is 49.6 Å². The van der Waals surface area contributed by atoms with Gasteiger partial charge in [0.25, 0.3) is 5.91 Å². The van der Waals surface area contributed by atoms with Crippen molar-refractivity contribution in [3.63, 3.8) is 0 Å². The third-order valence-electron chi connectivity index (χ3n) is 4.95. The first-order valence-corrected chi connectivity index (χ1v) is 10.6. The molecule has 1 aromatic heterocycles. The Balaban J connectivity index is 1.40. The molecule has 0 saturated carbocycles. The standard InChI is InChI=1S/C22H20ClN3O2S/c1-13-2-6-15(7-3-13)20(27)26-22-25-19-17(10-11-18(19)29-22)21(28)24-12-14-4-8-16(23)9-5-14/h2-9,17H,10-12H2,1H3,(H,24,28)(H,25,26,27). The molecule has 0 fully saturated rings. The van der Waals surface area contributed by atoms with Gasteiger partial charge in [0, 0.05) is 22.0 Å². The topological polar surface area (TPSA) is 71.1 Å². The zero-order valence-corrected chi connectivity index (χ0v) is 17.4. The van der Waals surface area contributed by atoms with Crippen molar-refractivity contribution < 1.29 is 9.59 Å². The number of aromatic nitrogens is 1. The SMILES string of the molecule is Cc1ccc(C(=O)Nc2nc3c(s2)CCC3C(=O)NCc2ccc(Cl)cc2)cc1. The normalized spacial score (nSPS) is 15.0. The maximum absolute atomic E-state index is 12.7. The van der Waals surface area contributed by atoms with Crippen LogP contribution >= 0.6 is 22.9 Å². The Labute approximate surface area is 178 Å². The summed E-state index contributed by atoms with van der Waals surface area (Å²) in [5.74, 6) is -0.514. The van der Waals surface area contributed by atoms with Gasteiger partial charge in [0.05, 0.1) is 11.6 Å². The number of anilines is 1. The predicted octanol–water partition coefficient (Wildman–Crippen LogP) is 4.70. The smallest absolute Gasteiger partial charge is 0.257 e. The van der Waals surface area contributed by atoms with Gasteiger partial charge < -0.3 is 5.32 Å². The minimum Gasteiger partial charge on any atom is -0.351 e. The van der Waals surface area contributed by atoms with Gasteiger partial charge in [0.2, 0.25) is 5.91 Å². The lowest BCUT2D eigenvalue weighted by atomic mass is 10.1. The number of amides is 2. The van der Waals surface area contributed by atoms with Crippen LogP contribution in [-0.4, -0.2) is 16.8 Å². The minimum atomic E-state index is -0.279. The summed E-state index contributed by atoms with van der Waals surface area (Å²) in [6, 6.07) is 14.8. The van der Waals surface area contributed by atoms with Gasteiger partial charge in [-0.1, -0.05) is 41.4 Å². The Hall–Kier alpha value is -2.70. The zero-order chi connectivity index (χ0) is 20.4. The monoisotopic (exact) mass is 425 g/mol. The third-order valence-corrected chi connectivity index (χ3v) is 6.25. The fraction of sp³-hybridized carbons (Fsp3) is 0.227. The molecule has 1 atom stereocenters. The fourth-order valence-corrected chi connectivity index (χ4v) is 4.48. The Morgan fingerprint density at radius 2 is 1.86 bits per heavy atom. The lowest BCUT2D eigenvalue weighted by molar-refractivity contribution is -0.122. The van der Waals surface area contributed by atoms with Crippen molar-refractivity contribution in [3.05, 3.63) is 80.8 Å². The average molecular weight is 426 g/mol. The summed E-state index contributed by atoms with van der Waals surface area (Å²) in [6.07, 6.45) is 1.54. The summed E-state index contributed by atoms with van der Waals surface area (Å²) < 4.78 is 0. The van der Waals surface area contributed by atoms with Crippen LogP contribution in [0.25, 0.3) is 0 Å². The number of carbonyl (C=O) groups excluding carboxylic acids is 2. The van der Waals surface area contributed by atoms with E-state index in [2.05, 4.69) is 15.6 Å². The van der Waals surface area contributed by atoms with Crippen LogP contribution < -0.4 is 10.6 Å². The first kappa shape index (κ1) is 19.6. The van der Waals surface area contributed by atoms with Crippen LogP contribution in [0.15, 0.2) is 48.5 Å². The van der Waals surface area contributed by atoms with Gasteiger partial charge in [-0.25, -0.2) is 4.98 Å². The highest BCUT2D eigenvalue weighted by atomic mass is 35.5. The van der Waals surface area contributed by atoms with E-state index in [4.69, 9.17) is 11.6 Å². The van der Waals surface area contributed by atoms with Crippen LogP contribution in [0.2, 0.25) is 5.02 Å². The highest BCUT2D eigenvalue weighted by Crippen LogP contribution is 2.38. The molecule has 1 unspecified atom stereocenters. The maximum Gasteiger partial charge on any atom is 0.257 e. The number of thiazole rings is 1. The molecule has 1 aliphatic rings. The Morgan fingerprint density at radius 3 is 2.59 bits per heavy atom. The fourth-order valence-electron chi connectivity index (χ4n) is 3.32.